The molecular weight excluding hydrogens is 607 g/mol. The fraction of sp³-hybridized carbons (Fsp3) is 0.323. The van der Waals surface area contributed by atoms with Gasteiger partial charge in [-0.15, -0.1) is 0 Å². The third-order valence-electron chi connectivity index (χ3n) is 7.76. The van der Waals surface area contributed by atoms with E-state index < -0.39 is 34.7 Å². The van der Waals surface area contributed by atoms with Gasteiger partial charge in [-0.05, 0) is 81.8 Å². The average molecular weight is 638 g/mol. The molecule has 1 amide bonds. The van der Waals surface area contributed by atoms with Gasteiger partial charge in [-0.1, -0.05) is 40.2 Å². The molecule has 1 N–H and O–H groups in total. The van der Waals surface area contributed by atoms with Crippen LogP contribution < -0.4 is 11.2 Å². The number of fused-ring (bicyclic) bond motifs is 1. The van der Waals surface area contributed by atoms with E-state index in [1.165, 1.54) is 14.0 Å². The van der Waals surface area contributed by atoms with Crippen molar-refractivity contribution >= 4 is 39.3 Å². The molecule has 1 fully saturated rings. The average Bonchev–Trinajstić information content (AvgIpc) is 2.93. The maximum atomic E-state index is 14.4. The molecule has 11 heteroatoms. The number of carboxylic acid groups (broad SMARTS) is 1. The quantitative estimate of drug-likeness (QED) is 0.261. The van der Waals surface area contributed by atoms with Crippen LogP contribution in [0.3, 0.4) is 0 Å². The van der Waals surface area contributed by atoms with Crippen molar-refractivity contribution in [2.24, 2.45) is 0 Å². The summed E-state index contributed by atoms with van der Waals surface area (Å²) in [5.41, 5.74) is 0.664. The van der Waals surface area contributed by atoms with Crippen molar-refractivity contribution in [2.45, 2.75) is 64.1 Å². The Morgan fingerprint density at radius 2 is 1.81 bits per heavy atom. The number of pyridine rings is 1. The zero-order chi connectivity index (χ0) is 30.3. The maximum absolute atomic E-state index is 14.4. The van der Waals surface area contributed by atoms with Gasteiger partial charge in [0.05, 0.1) is 17.3 Å². The summed E-state index contributed by atoms with van der Waals surface area (Å²) in [6.07, 6.45) is 2.47. The third kappa shape index (κ3) is 5.40. The molecule has 0 spiro atoms. The van der Waals surface area contributed by atoms with E-state index in [0.29, 0.717) is 41.4 Å². The van der Waals surface area contributed by atoms with Gasteiger partial charge >= 0.3 is 11.8 Å². The Bertz CT molecular complexity index is 1820. The van der Waals surface area contributed by atoms with Crippen molar-refractivity contribution in [3.8, 4) is 16.8 Å². The van der Waals surface area contributed by atoms with Crippen molar-refractivity contribution in [3.05, 3.63) is 91.4 Å². The maximum Gasteiger partial charge on any atom is 0.407 e. The standard InChI is InChI=1S/C31H30BrFN4O5/c1-31(2,3)37(30(41)42)22-10-8-21(9-11-22)36-28(39)25-15-20(33)16-34-27(25)35(29(36)40)23-6-4-5-19(14-23)24-12-7-18(17-38)13-26(24)32/h4-7,12-17,21-22H,8-11H2,1-3H3,(H,41,42). The summed E-state index contributed by atoms with van der Waals surface area (Å²) in [4.78, 5) is 56.6. The number of halogens is 2. The van der Waals surface area contributed by atoms with Crippen LogP contribution in [0.5, 0.6) is 0 Å². The molecule has 2 aromatic heterocycles. The summed E-state index contributed by atoms with van der Waals surface area (Å²) in [6.45, 7) is 5.51. The number of carbonyl (C=O) groups excluding carboxylic acids is 1. The molecule has 0 saturated heterocycles. The van der Waals surface area contributed by atoms with Gasteiger partial charge in [-0.3, -0.25) is 14.2 Å². The van der Waals surface area contributed by atoms with Crippen molar-refractivity contribution in [2.75, 3.05) is 0 Å². The van der Waals surface area contributed by atoms with E-state index in [9.17, 15) is 28.7 Å². The highest BCUT2D eigenvalue weighted by Crippen LogP contribution is 2.34. The molecule has 1 saturated carbocycles. The zero-order valence-corrected chi connectivity index (χ0v) is 25.0. The van der Waals surface area contributed by atoms with Crippen LogP contribution in [0.25, 0.3) is 27.8 Å². The largest absolute Gasteiger partial charge is 0.465 e. The number of hydrogen-bond donors (Lipinski definition) is 1. The number of nitrogens with zero attached hydrogens (tertiary/aromatic N) is 4. The first-order chi connectivity index (χ1) is 19.9. The fourth-order valence-corrected chi connectivity index (χ4v) is 6.58. The van der Waals surface area contributed by atoms with Crippen molar-refractivity contribution < 1.29 is 19.1 Å². The van der Waals surface area contributed by atoms with Crippen LogP contribution in [0.1, 0.15) is 62.9 Å². The number of carbonyl (C=O) groups is 2. The van der Waals surface area contributed by atoms with Gasteiger partial charge in [0.1, 0.15) is 12.1 Å². The van der Waals surface area contributed by atoms with Crippen molar-refractivity contribution in [1.82, 2.24) is 19.0 Å². The van der Waals surface area contributed by atoms with Crippen molar-refractivity contribution in [3.63, 3.8) is 0 Å². The Hall–Kier alpha value is -4.12. The first kappa shape index (κ1) is 29.4. The molecule has 2 aromatic carbocycles. The number of amides is 1. The van der Waals surface area contributed by atoms with Crippen molar-refractivity contribution in [1.29, 1.82) is 0 Å². The van der Waals surface area contributed by atoms with Crippen LogP contribution in [0.4, 0.5) is 9.18 Å². The molecule has 0 atom stereocenters. The van der Waals surface area contributed by atoms with Gasteiger partial charge in [0.15, 0.2) is 5.65 Å². The van der Waals surface area contributed by atoms with Crippen LogP contribution in [0.15, 0.2) is 68.8 Å². The molecule has 2 heterocycles. The van der Waals surface area contributed by atoms with Crippen LogP contribution >= 0.6 is 15.9 Å². The molecular formula is C31H30BrFN4O5. The summed E-state index contributed by atoms with van der Waals surface area (Å²) in [6, 6.07) is 12.6. The lowest BCUT2D eigenvalue weighted by molar-refractivity contribution is 0.0506. The van der Waals surface area contributed by atoms with Crippen LogP contribution in [-0.4, -0.2) is 48.1 Å². The molecule has 4 aromatic rings. The van der Waals surface area contributed by atoms with Gasteiger partial charge in [-0.2, -0.15) is 0 Å². The molecule has 1 aliphatic carbocycles. The first-order valence-corrected chi connectivity index (χ1v) is 14.4. The molecule has 5 rings (SSSR count). The summed E-state index contributed by atoms with van der Waals surface area (Å²) in [5.74, 6) is -0.699. The van der Waals surface area contributed by atoms with E-state index in [1.807, 2.05) is 26.8 Å². The highest BCUT2D eigenvalue weighted by molar-refractivity contribution is 9.10. The third-order valence-corrected chi connectivity index (χ3v) is 8.42. The molecule has 0 bridgehead atoms. The minimum absolute atomic E-state index is 0.0273. The number of rotatable bonds is 5. The van der Waals surface area contributed by atoms with E-state index in [2.05, 4.69) is 20.9 Å². The van der Waals surface area contributed by atoms with E-state index in [1.54, 1.807) is 36.4 Å². The Balaban J connectivity index is 1.62. The molecule has 218 valence electrons. The SMILES string of the molecule is CC(C)(C)N(C(=O)O)C1CCC(n2c(=O)c3cc(F)cnc3n(-c3cccc(-c4ccc(C=O)cc4Br)c3)c2=O)CC1. The number of benzene rings is 2. The van der Waals surface area contributed by atoms with E-state index in [0.717, 1.165) is 29.7 Å². The smallest absolute Gasteiger partial charge is 0.407 e. The van der Waals surface area contributed by atoms with Crippen LogP contribution in [-0.2, 0) is 0 Å². The molecule has 0 radical (unpaired) electrons. The van der Waals surface area contributed by atoms with Gasteiger partial charge in [0.25, 0.3) is 5.56 Å². The van der Waals surface area contributed by atoms with E-state index in [4.69, 9.17) is 0 Å². The highest BCUT2D eigenvalue weighted by Gasteiger charge is 2.37. The lowest BCUT2D eigenvalue weighted by Crippen LogP contribution is -2.53. The minimum Gasteiger partial charge on any atom is -0.465 e. The van der Waals surface area contributed by atoms with Crippen LogP contribution in [0, 0.1) is 5.82 Å². The summed E-state index contributed by atoms with van der Waals surface area (Å²) in [7, 11) is 0. The van der Waals surface area contributed by atoms with Gasteiger partial charge in [-0.25, -0.2) is 23.5 Å². The highest BCUT2D eigenvalue weighted by atomic mass is 79.9. The second-order valence-electron chi connectivity index (χ2n) is 11.5. The van der Waals surface area contributed by atoms with Gasteiger partial charge in [0, 0.05) is 27.7 Å². The predicted octanol–water partition coefficient (Wildman–Crippen LogP) is 6.19. The number of aromatic nitrogens is 3. The Labute approximate surface area is 249 Å². The Morgan fingerprint density at radius 3 is 2.43 bits per heavy atom. The monoisotopic (exact) mass is 636 g/mol. The fourth-order valence-electron chi connectivity index (χ4n) is 5.95. The van der Waals surface area contributed by atoms with Crippen LogP contribution in [0.2, 0.25) is 0 Å². The summed E-state index contributed by atoms with van der Waals surface area (Å²) >= 11 is 3.51. The van der Waals surface area contributed by atoms with E-state index >= 15 is 0 Å². The lowest BCUT2D eigenvalue weighted by Gasteiger charge is -2.42. The Morgan fingerprint density at radius 1 is 1.10 bits per heavy atom. The molecule has 0 unspecified atom stereocenters. The minimum atomic E-state index is -1.01. The molecule has 9 nitrogen and oxygen atoms in total. The van der Waals surface area contributed by atoms with Gasteiger partial charge < -0.3 is 10.0 Å². The second-order valence-corrected chi connectivity index (χ2v) is 12.4. The normalized spacial score (nSPS) is 17.3. The number of hydrogen-bond acceptors (Lipinski definition) is 5. The molecule has 0 aliphatic heterocycles. The first-order valence-electron chi connectivity index (χ1n) is 13.6. The van der Waals surface area contributed by atoms with E-state index in [-0.39, 0.29) is 17.1 Å². The lowest BCUT2D eigenvalue weighted by atomic mass is 9.88. The predicted molar refractivity (Wildman–Crippen MR) is 161 cm³/mol. The number of aldehydes is 1. The topological polar surface area (TPSA) is 114 Å². The second kappa shape index (κ2) is 11.3. The van der Waals surface area contributed by atoms with Gasteiger partial charge in [0.2, 0.25) is 0 Å². The summed E-state index contributed by atoms with van der Waals surface area (Å²) in [5, 5.41) is 9.82. The summed E-state index contributed by atoms with van der Waals surface area (Å²) < 4.78 is 17.5. The zero-order valence-electron chi connectivity index (χ0n) is 23.4. The Kier molecular flexibility index (Phi) is 7.89. The molecule has 1 aliphatic rings. The molecule has 42 heavy (non-hydrogen) atoms.